The van der Waals surface area contributed by atoms with E-state index < -0.39 is 28.7 Å². The van der Waals surface area contributed by atoms with Gasteiger partial charge in [-0.25, -0.2) is 0 Å². The van der Waals surface area contributed by atoms with Crippen LogP contribution in [0.3, 0.4) is 0 Å². The van der Waals surface area contributed by atoms with Gasteiger partial charge in [0.1, 0.15) is 11.7 Å². The van der Waals surface area contributed by atoms with Crippen LogP contribution in [0, 0.1) is 17.0 Å². The molecule has 0 saturated heterocycles. The molecule has 0 saturated carbocycles. The van der Waals surface area contributed by atoms with Gasteiger partial charge >= 0.3 is 5.97 Å². The fraction of sp³-hybridized carbons (Fsp3) is 0.150. The fourth-order valence-corrected chi connectivity index (χ4v) is 2.29. The molecule has 0 aliphatic rings. The molecule has 2 aromatic rings. The second kappa shape index (κ2) is 9.27. The highest BCUT2D eigenvalue weighted by molar-refractivity contribution is 6.06. The van der Waals surface area contributed by atoms with Gasteiger partial charge in [-0.1, -0.05) is 29.8 Å². The average Bonchev–Trinajstić information content (AvgIpc) is 2.67. The number of hydrogen-bond donors (Lipinski definition) is 3. The van der Waals surface area contributed by atoms with Gasteiger partial charge < -0.3 is 15.7 Å². The van der Waals surface area contributed by atoms with Crippen LogP contribution in [0.15, 0.2) is 54.2 Å². The molecule has 0 radical (unpaired) electrons. The minimum atomic E-state index is -1.25. The third-order valence-electron chi connectivity index (χ3n) is 3.92. The molecule has 0 aliphatic heterocycles. The maximum Gasteiger partial charge on any atom is 0.325 e. The molecule has 0 aliphatic carbocycles. The van der Waals surface area contributed by atoms with Gasteiger partial charge in [0.15, 0.2) is 0 Å². The minimum Gasteiger partial charge on any atom is -0.480 e. The van der Waals surface area contributed by atoms with E-state index in [0.29, 0.717) is 5.56 Å². The van der Waals surface area contributed by atoms with Crippen molar-refractivity contribution in [2.45, 2.75) is 19.9 Å². The van der Waals surface area contributed by atoms with Crippen molar-refractivity contribution in [3.05, 3.63) is 81.0 Å². The second-order valence-corrected chi connectivity index (χ2v) is 6.26. The number of hydrogen-bond acceptors (Lipinski definition) is 5. The van der Waals surface area contributed by atoms with E-state index in [-0.39, 0.29) is 16.9 Å². The van der Waals surface area contributed by atoms with E-state index in [1.165, 1.54) is 37.3 Å². The van der Waals surface area contributed by atoms with Crippen molar-refractivity contribution in [3.63, 3.8) is 0 Å². The van der Waals surface area contributed by atoms with E-state index in [1.807, 2.05) is 6.92 Å². The Morgan fingerprint density at radius 3 is 2.38 bits per heavy atom. The van der Waals surface area contributed by atoms with Crippen LogP contribution in [0.1, 0.15) is 28.4 Å². The van der Waals surface area contributed by atoms with Crippen LogP contribution in [0.4, 0.5) is 5.69 Å². The summed E-state index contributed by atoms with van der Waals surface area (Å²) in [6, 6.07) is 10.9. The van der Waals surface area contributed by atoms with Gasteiger partial charge in [0.25, 0.3) is 17.5 Å². The summed E-state index contributed by atoms with van der Waals surface area (Å²) in [6.07, 6.45) is 1.24. The SMILES string of the molecule is Cc1ccc(C(=O)N/C(=C/c2cccc([N+](=O)[O-])c2)C(=O)N[C@@H](C)C(=O)O)cc1. The first-order valence-electron chi connectivity index (χ1n) is 8.55. The smallest absolute Gasteiger partial charge is 0.325 e. The number of carboxylic acid groups (broad SMARTS) is 1. The number of nitro groups is 1. The van der Waals surface area contributed by atoms with Gasteiger partial charge in [0.05, 0.1) is 4.92 Å². The van der Waals surface area contributed by atoms with Crippen LogP contribution in [0.25, 0.3) is 6.08 Å². The fourth-order valence-electron chi connectivity index (χ4n) is 2.29. The highest BCUT2D eigenvalue weighted by atomic mass is 16.6. The van der Waals surface area contributed by atoms with Crippen molar-refractivity contribution in [2.24, 2.45) is 0 Å². The summed E-state index contributed by atoms with van der Waals surface area (Å²) < 4.78 is 0. The van der Waals surface area contributed by atoms with E-state index in [1.54, 1.807) is 24.3 Å². The lowest BCUT2D eigenvalue weighted by Crippen LogP contribution is -2.42. The first-order chi connectivity index (χ1) is 13.7. The Labute approximate surface area is 166 Å². The van der Waals surface area contributed by atoms with Crippen LogP contribution in [0.2, 0.25) is 0 Å². The van der Waals surface area contributed by atoms with Crippen molar-refractivity contribution in [3.8, 4) is 0 Å². The number of carbonyl (C=O) groups excluding carboxylic acids is 2. The number of carbonyl (C=O) groups is 3. The molecule has 150 valence electrons. The molecule has 29 heavy (non-hydrogen) atoms. The number of non-ortho nitro benzene ring substituents is 1. The minimum absolute atomic E-state index is 0.192. The first-order valence-corrected chi connectivity index (χ1v) is 8.55. The number of nitrogens with one attached hydrogen (secondary N) is 2. The van der Waals surface area contributed by atoms with Crippen molar-refractivity contribution < 1.29 is 24.4 Å². The first kappa shape index (κ1) is 21.3. The van der Waals surface area contributed by atoms with E-state index >= 15 is 0 Å². The van der Waals surface area contributed by atoms with E-state index in [2.05, 4.69) is 10.6 Å². The van der Waals surface area contributed by atoms with Gasteiger partial charge in [0, 0.05) is 17.7 Å². The third-order valence-corrected chi connectivity index (χ3v) is 3.92. The second-order valence-electron chi connectivity index (χ2n) is 6.26. The average molecular weight is 397 g/mol. The standard InChI is InChI=1S/C20H19N3O6/c1-12-6-8-15(9-7-12)18(24)22-17(19(25)21-13(2)20(26)27)11-14-4-3-5-16(10-14)23(28)29/h3-11,13H,1-2H3,(H,21,25)(H,22,24)(H,26,27)/b17-11+/t13-/m0/s1. The topological polar surface area (TPSA) is 139 Å². The summed E-state index contributed by atoms with van der Waals surface area (Å²) in [5, 5.41) is 24.6. The monoisotopic (exact) mass is 397 g/mol. The van der Waals surface area contributed by atoms with Gasteiger partial charge in [-0.15, -0.1) is 0 Å². The Bertz CT molecular complexity index is 982. The molecule has 3 N–H and O–H groups in total. The largest absolute Gasteiger partial charge is 0.480 e. The van der Waals surface area contributed by atoms with Crippen LogP contribution < -0.4 is 10.6 Å². The van der Waals surface area contributed by atoms with Crippen molar-refractivity contribution >= 4 is 29.5 Å². The normalized spacial score (nSPS) is 12.0. The molecule has 9 nitrogen and oxygen atoms in total. The number of benzene rings is 2. The molecule has 0 spiro atoms. The van der Waals surface area contributed by atoms with Crippen LogP contribution in [0.5, 0.6) is 0 Å². The molecule has 0 bridgehead atoms. The number of rotatable bonds is 7. The Balaban J connectivity index is 2.36. The zero-order chi connectivity index (χ0) is 21.6. The zero-order valence-corrected chi connectivity index (χ0v) is 15.7. The van der Waals surface area contributed by atoms with Crippen molar-refractivity contribution in [1.82, 2.24) is 10.6 Å². The summed E-state index contributed by atoms with van der Waals surface area (Å²) in [6.45, 7) is 3.13. The Morgan fingerprint density at radius 1 is 1.14 bits per heavy atom. The number of aryl methyl sites for hydroxylation is 1. The van der Waals surface area contributed by atoms with E-state index in [9.17, 15) is 24.5 Å². The van der Waals surface area contributed by atoms with Gasteiger partial charge in [0.2, 0.25) is 0 Å². The molecule has 0 aromatic heterocycles. The highest BCUT2D eigenvalue weighted by Crippen LogP contribution is 2.16. The molecule has 2 aromatic carbocycles. The summed E-state index contributed by atoms with van der Waals surface area (Å²) in [5.74, 6) is -2.68. The summed E-state index contributed by atoms with van der Waals surface area (Å²) in [7, 11) is 0. The number of aliphatic carboxylic acids is 1. The van der Waals surface area contributed by atoms with Crippen LogP contribution in [-0.4, -0.2) is 33.9 Å². The summed E-state index contributed by atoms with van der Waals surface area (Å²) >= 11 is 0. The molecule has 9 heteroatoms. The molecular weight excluding hydrogens is 378 g/mol. The number of carboxylic acids is 1. The lowest BCUT2D eigenvalue weighted by atomic mass is 10.1. The number of nitrogens with zero attached hydrogens (tertiary/aromatic N) is 1. The Morgan fingerprint density at radius 2 is 1.79 bits per heavy atom. The Hall–Kier alpha value is -4.01. The summed E-state index contributed by atoms with van der Waals surface area (Å²) in [4.78, 5) is 46.4. The third kappa shape index (κ3) is 5.99. The van der Waals surface area contributed by atoms with Crippen molar-refractivity contribution in [1.29, 1.82) is 0 Å². The van der Waals surface area contributed by atoms with Crippen LogP contribution >= 0.6 is 0 Å². The molecule has 0 unspecified atom stereocenters. The van der Waals surface area contributed by atoms with E-state index in [0.717, 1.165) is 5.56 Å². The zero-order valence-electron chi connectivity index (χ0n) is 15.7. The lowest BCUT2D eigenvalue weighted by molar-refractivity contribution is -0.384. The lowest BCUT2D eigenvalue weighted by Gasteiger charge is -2.13. The van der Waals surface area contributed by atoms with Crippen molar-refractivity contribution in [2.75, 3.05) is 0 Å². The maximum atomic E-state index is 12.5. The quantitative estimate of drug-likeness (QED) is 0.372. The Kier molecular flexibility index (Phi) is 6.80. The van der Waals surface area contributed by atoms with Gasteiger partial charge in [-0.05, 0) is 37.6 Å². The molecule has 2 rings (SSSR count). The predicted octanol–water partition coefficient (Wildman–Crippen LogP) is 2.26. The molecule has 2 amide bonds. The van der Waals surface area contributed by atoms with Gasteiger partial charge in [-0.2, -0.15) is 0 Å². The predicted molar refractivity (Wildman–Crippen MR) is 105 cm³/mol. The van der Waals surface area contributed by atoms with Crippen LogP contribution in [-0.2, 0) is 9.59 Å². The molecule has 0 fully saturated rings. The summed E-state index contributed by atoms with van der Waals surface area (Å²) in [5.41, 5.74) is 1.09. The van der Waals surface area contributed by atoms with E-state index in [4.69, 9.17) is 5.11 Å². The molecule has 1 atom stereocenters. The number of nitro benzene ring substituents is 1. The molecule has 0 heterocycles. The van der Waals surface area contributed by atoms with Gasteiger partial charge in [-0.3, -0.25) is 24.5 Å². The highest BCUT2D eigenvalue weighted by Gasteiger charge is 2.20. The maximum absolute atomic E-state index is 12.5. The molecular formula is C20H19N3O6. The number of amides is 2.